The molecule has 1 heterocycles. The summed E-state index contributed by atoms with van der Waals surface area (Å²) >= 11 is 1.46. The number of pyridine rings is 1. The predicted octanol–water partition coefficient (Wildman–Crippen LogP) is 4.15. The van der Waals surface area contributed by atoms with Crippen LogP contribution >= 0.6 is 11.8 Å². The van der Waals surface area contributed by atoms with Crippen LogP contribution in [0.5, 0.6) is 0 Å². The minimum atomic E-state index is -0.192. The number of carbonyl (C=O) groups excluding carboxylic acids is 1. The molecule has 4 heteroatoms. The fourth-order valence-electron chi connectivity index (χ4n) is 2.12. The molecular weight excluding hydrogens is 282 g/mol. The van der Waals surface area contributed by atoms with Crippen molar-refractivity contribution >= 4 is 28.6 Å². The largest absolute Gasteiger partial charge is 0.462 e. The van der Waals surface area contributed by atoms with Gasteiger partial charge in [0, 0.05) is 5.39 Å². The lowest BCUT2D eigenvalue weighted by atomic mass is 10.1. The zero-order chi connectivity index (χ0) is 15.4. The van der Waals surface area contributed by atoms with Crippen molar-refractivity contribution in [3.8, 4) is 0 Å². The van der Waals surface area contributed by atoms with Crippen LogP contribution in [0.25, 0.3) is 10.9 Å². The fraction of sp³-hybridized carbons (Fsp3) is 0.412. The van der Waals surface area contributed by atoms with Crippen molar-refractivity contribution in [1.82, 2.24) is 4.98 Å². The summed E-state index contributed by atoms with van der Waals surface area (Å²) in [5, 5.41) is 2.08. The first kappa shape index (κ1) is 15.8. The highest BCUT2D eigenvalue weighted by molar-refractivity contribution is 7.99. The number of rotatable bonds is 5. The summed E-state index contributed by atoms with van der Waals surface area (Å²) in [6.07, 6.45) is 0.828. The average molecular weight is 303 g/mol. The molecule has 1 aromatic heterocycles. The molecule has 21 heavy (non-hydrogen) atoms. The monoisotopic (exact) mass is 303 g/mol. The molecule has 2 aromatic rings. The van der Waals surface area contributed by atoms with E-state index in [0.29, 0.717) is 5.75 Å². The highest BCUT2D eigenvalue weighted by atomic mass is 32.2. The molecule has 0 amide bonds. The average Bonchev–Trinajstić information content (AvgIpc) is 2.43. The van der Waals surface area contributed by atoms with E-state index in [4.69, 9.17) is 9.72 Å². The van der Waals surface area contributed by atoms with Crippen molar-refractivity contribution in [2.75, 3.05) is 5.75 Å². The van der Waals surface area contributed by atoms with E-state index in [1.807, 2.05) is 19.9 Å². The molecule has 2 rings (SSSR count). The number of nitrogens with zero attached hydrogens (tertiary/aromatic N) is 1. The van der Waals surface area contributed by atoms with E-state index >= 15 is 0 Å². The van der Waals surface area contributed by atoms with Crippen LogP contribution in [0.2, 0.25) is 0 Å². The van der Waals surface area contributed by atoms with E-state index in [1.54, 1.807) is 0 Å². The highest BCUT2D eigenvalue weighted by Gasteiger charge is 2.11. The van der Waals surface area contributed by atoms with Gasteiger partial charge in [0.2, 0.25) is 0 Å². The van der Waals surface area contributed by atoms with Crippen LogP contribution in [0.3, 0.4) is 0 Å². The number of aromatic nitrogens is 1. The molecule has 0 aliphatic rings. The van der Waals surface area contributed by atoms with Crippen LogP contribution in [0, 0.1) is 6.92 Å². The molecule has 0 saturated carbocycles. The number of ether oxygens (including phenoxy) is 1. The van der Waals surface area contributed by atoms with Crippen molar-refractivity contribution in [3.63, 3.8) is 0 Å². The van der Waals surface area contributed by atoms with Gasteiger partial charge in [0.05, 0.1) is 17.4 Å². The van der Waals surface area contributed by atoms with Gasteiger partial charge >= 0.3 is 5.97 Å². The van der Waals surface area contributed by atoms with Crippen LogP contribution in [0.4, 0.5) is 0 Å². The number of carbonyl (C=O) groups is 1. The van der Waals surface area contributed by atoms with Crippen LogP contribution in [-0.4, -0.2) is 22.8 Å². The van der Waals surface area contributed by atoms with Gasteiger partial charge in [0.15, 0.2) is 0 Å². The SMILES string of the molecule is CCc1cc2cc(C)ccc2nc1SCC(=O)OC(C)C. The first-order chi connectivity index (χ1) is 9.99. The molecule has 0 unspecified atom stereocenters. The Bertz CT molecular complexity index is 653. The van der Waals surface area contributed by atoms with E-state index in [0.717, 1.165) is 22.3 Å². The van der Waals surface area contributed by atoms with Crippen molar-refractivity contribution in [1.29, 1.82) is 0 Å². The number of esters is 1. The second kappa shape index (κ2) is 6.94. The number of hydrogen-bond donors (Lipinski definition) is 0. The van der Waals surface area contributed by atoms with Gasteiger partial charge < -0.3 is 4.74 Å². The molecule has 1 aromatic carbocycles. The topological polar surface area (TPSA) is 39.2 Å². The molecule has 0 fully saturated rings. The Morgan fingerprint density at radius 1 is 1.33 bits per heavy atom. The maximum absolute atomic E-state index is 11.7. The van der Waals surface area contributed by atoms with Gasteiger partial charge in [-0.3, -0.25) is 4.79 Å². The molecule has 0 bridgehead atoms. The Morgan fingerprint density at radius 2 is 2.10 bits per heavy atom. The molecule has 0 saturated heterocycles. The number of aryl methyl sites for hydroxylation is 2. The van der Waals surface area contributed by atoms with Crippen molar-refractivity contribution < 1.29 is 9.53 Å². The van der Waals surface area contributed by atoms with Gasteiger partial charge in [-0.15, -0.1) is 0 Å². The highest BCUT2D eigenvalue weighted by Crippen LogP contribution is 2.26. The summed E-state index contributed by atoms with van der Waals surface area (Å²) in [5.74, 6) is 0.109. The Balaban J connectivity index is 2.22. The zero-order valence-corrected chi connectivity index (χ0v) is 13.8. The summed E-state index contributed by atoms with van der Waals surface area (Å²) in [6, 6.07) is 8.40. The quantitative estimate of drug-likeness (QED) is 0.614. The normalized spacial score (nSPS) is 11.1. The number of fused-ring (bicyclic) bond motifs is 1. The van der Waals surface area contributed by atoms with Gasteiger partial charge in [-0.1, -0.05) is 30.3 Å². The standard InChI is InChI=1S/C17H21NO2S/c1-5-13-9-14-8-12(4)6-7-15(14)18-17(13)21-10-16(19)20-11(2)3/h6-9,11H,5,10H2,1-4H3. The summed E-state index contributed by atoms with van der Waals surface area (Å²) in [7, 11) is 0. The molecule has 112 valence electrons. The summed E-state index contributed by atoms with van der Waals surface area (Å²) < 4.78 is 5.16. The van der Waals surface area contributed by atoms with Crippen LogP contribution in [-0.2, 0) is 16.0 Å². The van der Waals surface area contributed by atoms with Gasteiger partial charge in [-0.2, -0.15) is 0 Å². The first-order valence-electron chi connectivity index (χ1n) is 7.22. The maximum atomic E-state index is 11.7. The third kappa shape index (κ3) is 4.21. The molecule has 0 aliphatic heterocycles. The minimum Gasteiger partial charge on any atom is -0.462 e. The lowest BCUT2D eigenvalue weighted by molar-refractivity contribution is -0.144. The van der Waals surface area contributed by atoms with Crippen LogP contribution in [0.1, 0.15) is 31.9 Å². The Kier molecular flexibility index (Phi) is 5.23. The Labute approximate surface area is 130 Å². The van der Waals surface area contributed by atoms with Gasteiger partial charge in [0.1, 0.15) is 5.03 Å². The van der Waals surface area contributed by atoms with Gasteiger partial charge in [-0.05, 0) is 51.0 Å². The summed E-state index contributed by atoms with van der Waals surface area (Å²) in [6.45, 7) is 7.90. The Hall–Kier alpha value is -1.55. The number of thioether (sulfide) groups is 1. The van der Waals surface area contributed by atoms with E-state index in [9.17, 15) is 4.79 Å². The molecular formula is C17H21NO2S. The van der Waals surface area contributed by atoms with Crippen LogP contribution in [0.15, 0.2) is 29.3 Å². The van der Waals surface area contributed by atoms with E-state index in [2.05, 4.69) is 32.0 Å². The summed E-state index contributed by atoms with van der Waals surface area (Å²) in [4.78, 5) is 16.4. The second-order valence-electron chi connectivity index (χ2n) is 5.33. The van der Waals surface area contributed by atoms with E-state index in [1.165, 1.54) is 22.9 Å². The molecule has 0 radical (unpaired) electrons. The zero-order valence-electron chi connectivity index (χ0n) is 13.0. The lowest BCUT2D eigenvalue weighted by Crippen LogP contribution is -2.13. The third-order valence-electron chi connectivity index (χ3n) is 3.08. The minimum absolute atomic E-state index is 0.0729. The fourth-order valence-corrected chi connectivity index (χ4v) is 3.00. The summed E-state index contributed by atoms with van der Waals surface area (Å²) in [5.41, 5.74) is 3.38. The van der Waals surface area contributed by atoms with Crippen LogP contribution < -0.4 is 0 Å². The van der Waals surface area contributed by atoms with Crippen molar-refractivity contribution in [2.24, 2.45) is 0 Å². The lowest BCUT2D eigenvalue weighted by Gasteiger charge is -2.10. The number of benzene rings is 1. The van der Waals surface area contributed by atoms with Crippen molar-refractivity contribution in [2.45, 2.75) is 45.2 Å². The van der Waals surface area contributed by atoms with Crippen molar-refractivity contribution in [3.05, 3.63) is 35.4 Å². The molecule has 0 aliphatic carbocycles. The van der Waals surface area contributed by atoms with Gasteiger partial charge in [0.25, 0.3) is 0 Å². The molecule has 3 nitrogen and oxygen atoms in total. The van der Waals surface area contributed by atoms with E-state index in [-0.39, 0.29) is 12.1 Å². The third-order valence-corrected chi connectivity index (χ3v) is 4.09. The first-order valence-corrected chi connectivity index (χ1v) is 8.20. The second-order valence-corrected chi connectivity index (χ2v) is 6.29. The van der Waals surface area contributed by atoms with Gasteiger partial charge in [-0.25, -0.2) is 4.98 Å². The number of hydrogen-bond acceptors (Lipinski definition) is 4. The predicted molar refractivity (Wildman–Crippen MR) is 87.8 cm³/mol. The smallest absolute Gasteiger partial charge is 0.316 e. The maximum Gasteiger partial charge on any atom is 0.316 e. The molecule has 0 atom stereocenters. The Morgan fingerprint density at radius 3 is 2.76 bits per heavy atom. The molecule has 0 N–H and O–H groups in total. The van der Waals surface area contributed by atoms with E-state index < -0.39 is 0 Å². The molecule has 0 spiro atoms.